The summed E-state index contributed by atoms with van der Waals surface area (Å²) in [6, 6.07) is 8.48. The summed E-state index contributed by atoms with van der Waals surface area (Å²) in [4.78, 5) is 27.7. The Kier molecular flexibility index (Phi) is 5.50. The Balaban J connectivity index is 1.59. The van der Waals surface area contributed by atoms with Crippen molar-refractivity contribution in [2.75, 3.05) is 27.8 Å². The smallest absolute Gasteiger partial charge is 0.416 e. The lowest BCUT2D eigenvalue weighted by atomic mass is 10.3. The summed E-state index contributed by atoms with van der Waals surface area (Å²) >= 11 is 1.36. The predicted octanol–water partition coefficient (Wildman–Crippen LogP) is 3.37. The molecule has 1 unspecified atom stereocenters. The van der Waals surface area contributed by atoms with Crippen molar-refractivity contribution in [3.05, 3.63) is 42.2 Å². The molecule has 4 rings (SSSR count). The number of amides is 1. The second kappa shape index (κ2) is 8.12. The van der Waals surface area contributed by atoms with Crippen molar-refractivity contribution in [2.45, 2.75) is 19.9 Å². The van der Waals surface area contributed by atoms with Gasteiger partial charge in [-0.25, -0.2) is 33.1 Å². The number of cyclic esters (lactones) is 1. The number of benzene rings is 1. The van der Waals surface area contributed by atoms with Gasteiger partial charge in [-0.3, -0.25) is 4.72 Å². The molecule has 1 aromatic carbocycles. The summed E-state index contributed by atoms with van der Waals surface area (Å²) in [5.74, 6) is 0.345. The van der Waals surface area contributed by atoms with Gasteiger partial charge in [0.05, 0.1) is 34.2 Å². The van der Waals surface area contributed by atoms with Crippen LogP contribution in [0.3, 0.4) is 0 Å². The van der Waals surface area contributed by atoms with E-state index >= 15 is 0 Å². The summed E-state index contributed by atoms with van der Waals surface area (Å²) in [7, 11) is -3.38. The molecule has 0 radical (unpaired) electrons. The molecule has 0 aliphatic carbocycles. The van der Waals surface area contributed by atoms with E-state index in [0.717, 1.165) is 16.8 Å². The first-order valence-electron chi connectivity index (χ1n) is 9.31. The number of anilines is 4. The van der Waals surface area contributed by atoms with Gasteiger partial charge in [0.2, 0.25) is 16.0 Å². The molecule has 31 heavy (non-hydrogen) atoms. The highest BCUT2D eigenvalue weighted by molar-refractivity contribution is 7.92. The molecule has 0 bridgehead atoms. The Bertz CT molecular complexity index is 1240. The first-order valence-corrected chi connectivity index (χ1v) is 12.0. The van der Waals surface area contributed by atoms with Crippen LogP contribution in [0, 0.1) is 6.92 Å². The Morgan fingerprint density at radius 1 is 1.23 bits per heavy atom. The number of sulfonamides is 1. The number of carbonyl (C=O) groups is 1. The molecule has 0 saturated carbocycles. The summed E-state index contributed by atoms with van der Waals surface area (Å²) in [6.45, 7) is 4.10. The number of nitrogens with one attached hydrogen (secondary N) is 2. The maximum Gasteiger partial charge on any atom is 0.416 e. The summed E-state index contributed by atoms with van der Waals surface area (Å²) in [6.07, 6.45) is 2.31. The molecule has 1 atom stereocenters. The average Bonchev–Trinajstić information content (AvgIpc) is 3.22. The predicted molar refractivity (Wildman–Crippen MR) is 119 cm³/mol. The number of ether oxygens (including phenoxy) is 1. The quantitative estimate of drug-likeness (QED) is 0.573. The molecular weight excluding hydrogens is 440 g/mol. The Labute approximate surface area is 183 Å². The van der Waals surface area contributed by atoms with E-state index in [4.69, 9.17) is 4.74 Å². The highest BCUT2D eigenvalue weighted by Crippen LogP contribution is 2.36. The summed E-state index contributed by atoms with van der Waals surface area (Å²) in [5, 5.41) is 3.64. The van der Waals surface area contributed by atoms with Gasteiger partial charge in [-0.05, 0) is 38.1 Å². The fourth-order valence-corrected chi connectivity index (χ4v) is 4.74. The van der Waals surface area contributed by atoms with Gasteiger partial charge < -0.3 is 10.1 Å². The fraction of sp³-hybridized carbons (Fsp3) is 0.263. The zero-order chi connectivity index (χ0) is 22.2. The molecule has 3 aromatic rings. The van der Waals surface area contributed by atoms with Crippen molar-refractivity contribution in [1.29, 1.82) is 0 Å². The van der Waals surface area contributed by atoms with Crippen LogP contribution in [0.2, 0.25) is 0 Å². The van der Waals surface area contributed by atoms with Crippen LogP contribution in [0.1, 0.15) is 12.6 Å². The van der Waals surface area contributed by atoms with Crippen LogP contribution in [0.5, 0.6) is 0 Å². The van der Waals surface area contributed by atoms with E-state index in [9.17, 15) is 13.2 Å². The Hall–Kier alpha value is -3.25. The van der Waals surface area contributed by atoms with Gasteiger partial charge in [0.25, 0.3) is 0 Å². The molecule has 2 N–H and O–H groups in total. The zero-order valence-electron chi connectivity index (χ0n) is 17.0. The van der Waals surface area contributed by atoms with E-state index in [1.54, 1.807) is 41.4 Å². The van der Waals surface area contributed by atoms with Crippen LogP contribution in [-0.4, -0.2) is 48.4 Å². The number of rotatable bonds is 6. The number of aromatic nitrogens is 3. The third-order valence-electron chi connectivity index (χ3n) is 4.39. The minimum Gasteiger partial charge on any atom is -0.447 e. The van der Waals surface area contributed by atoms with Crippen molar-refractivity contribution in [3.63, 3.8) is 0 Å². The molecule has 1 amide bonds. The van der Waals surface area contributed by atoms with E-state index < -0.39 is 16.1 Å². The largest absolute Gasteiger partial charge is 0.447 e. The highest BCUT2D eigenvalue weighted by Gasteiger charge is 2.33. The molecule has 0 spiro atoms. The van der Waals surface area contributed by atoms with Gasteiger partial charge in [-0.1, -0.05) is 17.4 Å². The van der Waals surface area contributed by atoms with Crippen LogP contribution >= 0.6 is 11.3 Å². The van der Waals surface area contributed by atoms with Crippen molar-refractivity contribution in [2.24, 2.45) is 0 Å². The third-order valence-corrected chi connectivity index (χ3v) is 6.17. The molecular formula is C19H20N6O4S2. The third kappa shape index (κ3) is 4.75. The fourth-order valence-electron chi connectivity index (χ4n) is 3.05. The van der Waals surface area contributed by atoms with Crippen molar-refractivity contribution >= 4 is 49.9 Å². The van der Waals surface area contributed by atoms with E-state index in [1.165, 1.54) is 11.3 Å². The zero-order valence-corrected chi connectivity index (χ0v) is 18.6. The van der Waals surface area contributed by atoms with E-state index in [2.05, 4.69) is 25.0 Å². The summed E-state index contributed by atoms with van der Waals surface area (Å²) < 4.78 is 30.4. The first-order chi connectivity index (χ1) is 14.7. The van der Waals surface area contributed by atoms with E-state index in [-0.39, 0.29) is 6.04 Å². The Morgan fingerprint density at radius 3 is 2.71 bits per heavy atom. The summed E-state index contributed by atoms with van der Waals surface area (Å²) in [5.41, 5.74) is 2.46. The van der Waals surface area contributed by atoms with Gasteiger partial charge in [0.15, 0.2) is 5.13 Å². The Morgan fingerprint density at radius 2 is 2.00 bits per heavy atom. The highest BCUT2D eigenvalue weighted by atomic mass is 32.2. The second-order valence-electron chi connectivity index (χ2n) is 7.05. The van der Waals surface area contributed by atoms with Crippen LogP contribution in [0.25, 0.3) is 10.6 Å². The molecule has 2 aromatic heterocycles. The lowest BCUT2D eigenvalue weighted by molar-refractivity contribution is 0.179. The van der Waals surface area contributed by atoms with Gasteiger partial charge >= 0.3 is 6.09 Å². The van der Waals surface area contributed by atoms with Crippen molar-refractivity contribution in [1.82, 2.24) is 15.0 Å². The molecule has 1 aliphatic rings. The van der Waals surface area contributed by atoms with Crippen molar-refractivity contribution < 1.29 is 17.9 Å². The van der Waals surface area contributed by atoms with Crippen LogP contribution in [-0.2, 0) is 14.8 Å². The molecule has 1 saturated heterocycles. The molecule has 12 heteroatoms. The monoisotopic (exact) mass is 460 g/mol. The van der Waals surface area contributed by atoms with Crippen LogP contribution in [0.15, 0.2) is 36.5 Å². The molecule has 10 nitrogen and oxygen atoms in total. The number of thiazole rings is 1. The minimum atomic E-state index is -3.38. The van der Waals surface area contributed by atoms with Gasteiger partial charge in [0.1, 0.15) is 6.61 Å². The molecule has 1 aliphatic heterocycles. The number of nitrogens with zero attached hydrogens (tertiary/aromatic N) is 4. The molecule has 162 valence electrons. The van der Waals surface area contributed by atoms with Gasteiger partial charge in [-0.15, -0.1) is 0 Å². The maximum atomic E-state index is 12.0. The molecule has 1 fully saturated rings. The van der Waals surface area contributed by atoms with Gasteiger partial charge in [-0.2, -0.15) is 0 Å². The number of hydrogen-bond acceptors (Lipinski definition) is 9. The average molecular weight is 461 g/mol. The van der Waals surface area contributed by atoms with Crippen LogP contribution in [0.4, 0.5) is 27.2 Å². The normalized spacial score (nSPS) is 16.3. The lowest BCUT2D eigenvalue weighted by Crippen LogP contribution is -2.30. The standard InChI is InChI=1S/C19H20N6O4S2/c1-11-10-29-19(26)25(11)18-21-12(2)16(30-18)15-7-8-20-17(23-15)22-13-5-4-6-14(9-13)24-31(3,27)28/h4-9,11,24H,10H2,1-3H3,(H,20,22,23). The van der Waals surface area contributed by atoms with E-state index in [0.29, 0.717) is 34.8 Å². The first kappa shape index (κ1) is 21.0. The SMILES string of the molecule is Cc1nc(N2C(=O)OCC2C)sc1-c1ccnc(Nc2cccc(NS(C)(=O)=O)c2)n1. The van der Waals surface area contributed by atoms with Crippen LogP contribution < -0.4 is 14.9 Å². The van der Waals surface area contributed by atoms with Gasteiger partial charge in [0, 0.05) is 11.9 Å². The number of carbonyl (C=O) groups excluding carboxylic acids is 1. The van der Waals surface area contributed by atoms with Crippen molar-refractivity contribution in [3.8, 4) is 10.6 Å². The minimum absolute atomic E-state index is 0.0821. The van der Waals surface area contributed by atoms with E-state index in [1.807, 2.05) is 13.8 Å². The number of aryl methyl sites for hydroxylation is 1. The molecule has 3 heterocycles. The maximum absolute atomic E-state index is 12.0. The number of hydrogen-bond donors (Lipinski definition) is 2. The second-order valence-corrected chi connectivity index (χ2v) is 9.78. The lowest BCUT2D eigenvalue weighted by Gasteiger charge is -2.13. The topological polar surface area (TPSA) is 126 Å².